The molecule has 0 aromatic rings. The van der Waals surface area contributed by atoms with Gasteiger partial charge in [0.2, 0.25) is 0 Å². The SMILES string of the molecule is O=S(=O)(NC1CCCCCC1O)C(F)F. The summed E-state index contributed by atoms with van der Waals surface area (Å²) in [5.74, 6) is -3.44. The van der Waals surface area contributed by atoms with Crippen LogP contribution in [0.3, 0.4) is 0 Å². The summed E-state index contributed by atoms with van der Waals surface area (Å²) in [5, 5.41) is 9.52. The molecule has 1 fully saturated rings. The average molecular weight is 243 g/mol. The number of aliphatic hydroxyl groups excluding tert-OH is 1. The van der Waals surface area contributed by atoms with Crippen molar-refractivity contribution in [2.45, 2.75) is 50.0 Å². The van der Waals surface area contributed by atoms with Crippen LogP contribution in [0.25, 0.3) is 0 Å². The third-order valence-corrected chi connectivity index (χ3v) is 3.63. The second-order valence-corrected chi connectivity index (χ2v) is 5.42. The Bertz CT molecular complexity index is 294. The highest BCUT2D eigenvalue weighted by Gasteiger charge is 2.31. The highest BCUT2D eigenvalue weighted by molar-refractivity contribution is 7.89. The highest BCUT2D eigenvalue weighted by atomic mass is 32.2. The minimum Gasteiger partial charge on any atom is -0.391 e. The molecule has 1 rings (SSSR count). The Kier molecular flexibility index (Phi) is 4.42. The van der Waals surface area contributed by atoms with Crippen molar-refractivity contribution in [1.82, 2.24) is 4.72 Å². The number of nitrogens with one attached hydrogen (secondary N) is 1. The minimum atomic E-state index is -4.59. The van der Waals surface area contributed by atoms with Crippen molar-refractivity contribution in [1.29, 1.82) is 0 Å². The predicted octanol–water partition coefficient (Wildman–Crippen LogP) is 0.822. The minimum absolute atomic E-state index is 0.410. The summed E-state index contributed by atoms with van der Waals surface area (Å²) in [6.07, 6.45) is 2.44. The van der Waals surface area contributed by atoms with Gasteiger partial charge in [0.05, 0.1) is 6.10 Å². The van der Waals surface area contributed by atoms with Crippen LogP contribution in [0, 0.1) is 0 Å². The Labute approximate surface area is 87.7 Å². The summed E-state index contributed by atoms with van der Waals surface area (Å²) in [5.41, 5.74) is 0. The second-order valence-electron chi connectivity index (χ2n) is 3.74. The Hall–Kier alpha value is -0.270. The molecule has 15 heavy (non-hydrogen) atoms. The lowest BCUT2D eigenvalue weighted by Crippen LogP contribution is -2.44. The standard InChI is InChI=1S/C8H15F2NO3S/c9-8(10)15(13,14)11-6-4-2-1-3-5-7(6)12/h6-8,11-12H,1-5H2. The first-order valence-corrected chi connectivity index (χ1v) is 6.45. The van der Waals surface area contributed by atoms with E-state index in [0.29, 0.717) is 12.8 Å². The van der Waals surface area contributed by atoms with Gasteiger partial charge in [-0.1, -0.05) is 19.3 Å². The van der Waals surface area contributed by atoms with Crippen LogP contribution in [-0.2, 0) is 10.0 Å². The van der Waals surface area contributed by atoms with E-state index in [1.165, 1.54) is 0 Å². The number of aliphatic hydroxyl groups is 1. The van der Waals surface area contributed by atoms with Crippen LogP contribution in [-0.4, -0.2) is 31.4 Å². The van der Waals surface area contributed by atoms with Crippen molar-refractivity contribution in [3.05, 3.63) is 0 Å². The largest absolute Gasteiger partial charge is 0.391 e. The number of hydrogen-bond donors (Lipinski definition) is 2. The van der Waals surface area contributed by atoms with E-state index in [9.17, 15) is 22.3 Å². The van der Waals surface area contributed by atoms with Gasteiger partial charge in [-0.25, -0.2) is 13.1 Å². The predicted molar refractivity (Wildman–Crippen MR) is 50.9 cm³/mol. The first-order chi connectivity index (χ1) is 6.93. The maximum atomic E-state index is 12.1. The van der Waals surface area contributed by atoms with Crippen LogP contribution in [0.1, 0.15) is 32.1 Å². The first kappa shape index (κ1) is 12.8. The zero-order valence-electron chi connectivity index (χ0n) is 8.20. The van der Waals surface area contributed by atoms with Gasteiger partial charge in [-0.2, -0.15) is 8.78 Å². The van der Waals surface area contributed by atoms with E-state index >= 15 is 0 Å². The number of sulfonamides is 1. The van der Waals surface area contributed by atoms with Crippen LogP contribution in [0.2, 0.25) is 0 Å². The lowest BCUT2D eigenvalue weighted by atomic mass is 10.1. The summed E-state index contributed by atoms with van der Waals surface area (Å²) in [7, 11) is -4.59. The fraction of sp³-hybridized carbons (Fsp3) is 1.00. The monoisotopic (exact) mass is 243 g/mol. The normalized spacial score (nSPS) is 29.1. The fourth-order valence-corrected chi connectivity index (χ4v) is 2.49. The third kappa shape index (κ3) is 3.66. The molecule has 0 radical (unpaired) electrons. The van der Waals surface area contributed by atoms with Gasteiger partial charge in [0.1, 0.15) is 0 Å². The fourth-order valence-electron chi connectivity index (χ4n) is 1.69. The molecule has 4 nitrogen and oxygen atoms in total. The number of hydrogen-bond acceptors (Lipinski definition) is 3. The van der Waals surface area contributed by atoms with Crippen molar-refractivity contribution < 1.29 is 22.3 Å². The van der Waals surface area contributed by atoms with E-state index in [-0.39, 0.29) is 0 Å². The van der Waals surface area contributed by atoms with Gasteiger partial charge in [0.25, 0.3) is 10.0 Å². The summed E-state index contributed by atoms with van der Waals surface area (Å²) < 4.78 is 47.8. The van der Waals surface area contributed by atoms with Gasteiger partial charge >= 0.3 is 5.76 Å². The molecule has 0 aromatic carbocycles. The Morgan fingerprint density at radius 1 is 1.20 bits per heavy atom. The lowest BCUT2D eigenvalue weighted by Gasteiger charge is -2.21. The van der Waals surface area contributed by atoms with Gasteiger partial charge in [-0.15, -0.1) is 0 Å². The maximum absolute atomic E-state index is 12.1. The van der Waals surface area contributed by atoms with Crippen molar-refractivity contribution in [2.75, 3.05) is 0 Å². The summed E-state index contributed by atoms with van der Waals surface area (Å²) >= 11 is 0. The second kappa shape index (κ2) is 5.18. The smallest absolute Gasteiger partial charge is 0.350 e. The van der Waals surface area contributed by atoms with Crippen molar-refractivity contribution in [2.24, 2.45) is 0 Å². The molecule has 0 saturated heterocycles. The molecule has 1 aliphatic carbocycles. The van der Waals surface area contributed by atoms with E-state index in [1.54, 1.807) is 0 Å². The van der Waals surface area contributed by atoms with Crippen LogP contribution in [0.15, 0.2) is 0 Å². The molecule has 0 aliphatic heterocycles. The van der Waals surface area contributed by atoms with E-state index in [4.69, 9.17) is 0 Å². The van der Waals surface area contributed by atoms with Crippen molar-refractivity contribution in [3.8, 4) is 0 Å². The topological polar surface area (TPSA) is 66.4 Å². The molecule has 0 aromatic heterocycles. The summed E-state index contributed by atoms with van der Waals surface area (Å²) in [6, 6.07) is -0.772. The zero-order valence-corrected chi connectivity index (χ0v) is 9.01. The van der Waals surface area contributed by atoms with Gasteiger partial charge in [0.15, 0.2) is 0 Å². The lowest BCUT2D eigenvalue weighted by molar-refractivity contribution is 0.128. The Morgan fingerprint density at radius 3 is 2.40 bits per heavy atom. The molecule has 0 bridgehead atoms. The molecule has 0 heterocycles. The number of rotatable bonds is 3. The van der Waals surface area contributed by atoms with Crippen LogP contribution >= 0.6 is 0 Å². The van der Waals surface area contributed by atoms with E-state index in [2.05, 4.69) is 0 Å². The first-order valence-electron chi connectivity index (χ1n) is 4.91. The molecule has 7 heteroatoms. The highest BCUT2D eigenvalue weighted by Crippen LogP contribution is 2.19. The molecule has 2 N–H and O–H groups in total. The van der Waals surface area contributed by atoms with E-state index in [0.717, 1.165) is 19.3 Å². The Balaban J connectivity index is 2.63. The van der Waals surface area contributed by atoms with Crippen LogP contribution < -0.4 is 4.72 Å². The molecule has 0 amide bonds. The molecule has 2 unspecified atom stereocenters. The summed E-state index contributed by atoms with van der Waals surface area (Å²) in [6.45, 7) is 0. The van der Waals surface area contributed by atoms with Crippen LogP contribution in [0.5, 0.6) is 0 Å². The molecule has 1 aliphatic rings. The van der Waals surface area contributed by atoms with Gasteiger partial charge in [-0.3, -0.25) is 0 Å². The molecular weight excluding hydrogens is 228 g/mol. The molecule has 2 atom stereocenters. The average Bonchev–Trinajstić information content (AvgIpc) is 2.31. The van der Waals surface area contributed by atoms with E-state index < -0.39 is 27.9 Å². The molecule has 0 spiro atoms. The summed E-state index contributed by atoms with van der Waals surface area (Å²) in [4.78, 5) is 0. The zero-order chi connectivity index (χ0) is 11.5. The van der Waals surface area contributed by atoms with Crippen LogP contribution in [0.4, 0.5) is 8.78 Å². The number of alkyl halides is 2. The molecule has 1 saturated carbocycles. The van der Waals surface area contributed by atoms with Gasteiger partial charge in [0, 0.05) is 6.04 Å². The van der Waals surface area contributed by atoms with E-state index in [1.807, 2.05) is 4.72 Å². The third-order valence-electron chi connectivity index (χ3n) is 2.53. The maximum Gasteiger partial charge on any atom is 0.350 e. The molecule has 90 valence electrons. The van der Waals surface area contributed by atoms with Crippen molar-refractivity contribution >= 4 is 10.0 Å². The van der Waals surface area contributed by atoms with Gasteiger partial charge < -0.3 is 5.11 Å². The van der Waals surface area contributed by atoms with Gasteiger partial charge in [-0.05, 0) is 12.8 Å². The quantitative estimate of drug-likeness (QED) is 0.721. The Morgan fingerprint density at radius 2 is 1.80 bits per heavy atom. The number of halogens is 2. The van der Waals surface area contributed by atoms with Crippen molar-refractivity contribution in [3.63, 3.8) is 0 Å². The molecular formula is C8H15F2NO3S.